The number of amides is 2. The predicted molar refractivity (Wildman–Crippen MR) is 97.1 cm³/mol. The maximum Gasteiger partial charge on any atom is 0.287 e. The molecule has 0 radical (unpaired) electrons. The minimum absolute atomic E-state index is 0.0674. The number of carbonyl (C=O) groups is 2. The van der Waals surface area contributed by atoms with E-state index in [0.717, 1.165) is 19.3 Å². The van der Waals surface area contributed by atoms with Crippen LogP contribution >= 0.6 is 0 Å². The van der Waals surface area contributed by atoms with Crippen LogP contribution in [0.25, 0.3) is 0 Å². The van der Waals surface area contributed by atoms with Crippen molar-refractivity contribution in [1.82, 2.24) is 20.4 Å². The van der Waals surface area contributed by atoms with Gasteiger partial charge in [-0.2, -0.15) is 4.98 Å². The first kappa shape index (κ1) is 19.1. The summed E-state index contributed by atoms with van der Waals surface area (Å²) >= 11 is 0. The maximum absolute atomic E-state index is 12.4. The van der Waals surface area contributed by atoms with Gasteiger partial charge in [0.25, 0.3) is 5.91 Å². The summed E-state index contributed by atoms with van der Waals surface area (Å²) in [4.78, 5) is 30.6. The second-order valence-corrected chi connectivity index (χ2v) is 6.85. The number of aryl methyl sites for hydroxylation is 3. The van der Waals surface area contributed by atoms with Crippen molar-refractivity contribution in [2.24, 2.45) is 0 Å². The Bertz CT molecular complexity index is 774. The zero-order chi connectivity index (χ0) is 19.2. The highest BCUT2D eigenvalue weighted by molar-refractivity contribution is 5.91. The van der Waals surface area contributed by atoms with E-state index in [1.165, 1.54) is 0 Å². The molecule has 2 aromatic rings. The molecule has 0 bridgehead atoms. The average Bonchev–Trinajstić information content (AvgIpc) is 3.31. The van der Waals surface area contributed by atoms with E-state index < -0.39 is 0 Å². The fourth-order valence-corrected chi connectivity index (χ4v) is 3.17. The fourth-order valence-electron chi connectivity index (χ4n) is 3.17. The monoisotopic (exact) mass is 374 g/mol. The summed E-state index contributed by atoms with van der Waals surface area (Å²) in [7, 11) is 0. The summed E-state index contributed by atoms with van der Waals surface area (Å²) in [5.41, 5.74) is 0. The van der Waals surface area contributed by atoms with Crippen LogP contribution in [0.4, 0.5) is 0 Å². The molecule has 0 atom stereocenters. The number of furan rings is 1. The third-order valence-electron chi connectivity index (χ3n) is 4.75. The Hall–Kier alpha value is -2.64. The minimum atomic E-state index is -0.195. The molecule has 27 heavy (non-hydrogen) atoms. The smallest absolute Gasteiger partial charge is 0.287 e. The number of nitrogens with zero attached hydrogens (tertiary/aromatic N) is 3. The number of rotatable bonds is 7. The highest BCUT2D eigenvalue weighted by Crippen LogP contribution is 2.14. The third-order valence-corrected chi connectivity index (χ3v) is 4.75. The zero-order valence-corrected chi connectivity index (χ0v) is 15.9. The first-order valence-corrected chi connectivity index (χ1v) is 9.51. The first-order chi connectivity index (χ1) is 13.0. The summed E-state index contributed by atoms with van der Waals surface area (Å²) in [6.07, 6.45) is 4.02. The van der Waals surface area contributed by atoms with Crippen LogP contribution in [0.3, 0.4) is 0 Å². The van der Waals surface area contributed by atoms with E-state index in [1.54, 1.807) is 12.1 Å². The van der Waals surface area contributed by atoms with E-state index in [4.69, 9.17) is 8.94 Å². The van der Waals surface area contributed by atoms with Gasteiger partial charge in [0.1, 0.15) is 5.76 Å². The van der Waals surface area contributed by atoms with Crippen molar-refractivity contribution in [3.05, 3.63) is 35.4 Å². The van der Waals surface area contributed by atoms with E-state index in [1.807, 2.05) is 18.7 Å². The number of hydrogen-bond donors (Lipinski definition) is 1. The molecule has 2 amide bonds. The summed E-state index contributed by atoms with van der Waals surface area (Å²) in [5.74, 6) is 2.28. The van der Waals surface area contributed by atoms with Crippen molar-refractivity contribution in [2.75, 3.05) is 13.1 Å². The van der Waals surface area contributed by atoms with Crippen molar-refractivity contribution in [2.45, 2.75) is 58.4 Å². The second-order valence-electron chi connectivity index (χ2n) is 6.85. The standard InChI is InChI=1S/C19H26N4O4/c1-3-16-21-17(27-22-16)5-4-6-18(24)23-11-9-14(10-12-23)20-19(25)15-8-7-13(2)26-15/h7-8,14H,3-6,9-12H2,1-2H3,(H,20,25). The maximum atomic E-state index is 12.4. The van der Waals surface area contributed by atoms with E-state index in [0.29, 0.717) is 55.6 Å². The zero-order valence-electron chi connectivity index (χ0n) is 15.9. The van der Waals surface area contributed by atoms with Crippen LogP contribution in [0, 0.1) is 6.92 Å². The van der Waals surface area contributed by atoms with Crippen LogP contribution in [-0.4, -0.2) is 46.0 Å². The van der Waals surface area contributed by atoms with Gasteiger partial charge in [0, 0.05) is 38.4 Å². The molecule has 3 rings (SSSR count). The third kappa shape index (κ3) is 5.18. The van der Waals surface area contributed by atoms with E-state index in [2.05, 4.69) is 15.5 Å². The molecule has 0 aromatic carbocycles. The van der Waals surface area contributed by atoms with Crippen LogP contribution in [0.2, 0.25) is 0 Å². The molecule has 1 aliphatic rings. The first-order valence-electron chi connectivity index (χ1n) is 9.51. The Labute approximate surface area is 158 Å². The van der Waals surface area contributed by atoms with Crippen LogP contribution in [0.5, 0.6) is 0 Å². The molecule has 0 saturated carbocycles. The van der Waals surface area contributed by atoms with E-state index in [9.17, 15) is 9.59 Å². The molecule has 1 N–H and O–H groups in total. The van der Waals surface area contributed by atoms with Gasteiger partial charge in [0.15, 0.2) is 11.6 Å². The fraction of sp³-hybridized carbons (Fsp3) is 0.579. The lowest BCUT2D eigenvalue weighted by atomic mass is 10.0. The Kier molecular flexibility index (Phi) is 6.26. The Morgan fingerprint density at radius 1 is 1.30 bits per heavy atom. The number of aromatic nitrogens is 2. The van der Waals surface area contributed by atoms with Gasteiger partial charge in [-0.25, -0.2) is 0 Å². The van der Waals surface area contributed by atoms with Crippen molar-refractivity contribution in [3.63, 3.8) is 0 Å². The predicted octanol–water partition coefficient (Wildman–Crippen LogP) is 2.28. The molecule has 8 heteroatoms. The number of hydrogen-bond acceptors (Lipinski definition) is 6. The van der Waals surface area contributed by atoms with Crippen molar-refractivity contribution >= 4 is 11.8 Å². The number of piperidine rings is 1. The number of carbonyl (C=O) groups excluding carboxylic acids is 2. The molecule has 0 unspecified atom stereocenters. The topological polar surface area (TPSA) is 101 Å². The summed E-state index contributed by atoms with van der Waals surface area (Å²) < 4.78 is 10.5. The van der Waals surface area contributed by atoms with Gasteiger partial charge in [-0.1, -0.05) is 12.1 Å². The minimum Gasteiger partial charge on any atom is -0.456 e. The molecule has 2 aromatic heterocycles. The summed E-state index contributed by atoms with van der Waals surface area (Å²) in [5, 5.41) is 6.84. The highest BCUT2D eigenvalue weighted by Gasteiger charge is 2.24. The molecule has 0 aliphatic carbocycles. The van der Waals surface area contributed by atoms with Crippen molar-refractivity contribution < 1.29 is 18.5 Å². The van der Waals surface area contributed by atoms with Gasteiger partial charge in [-0.15, -0.1) is 0 Å². The van der Waals surface area contributed by atoms with Crippen molar-refractivity contribution in [3.8, 4) is 0 Å². The highest BCUT2D eigenvalue weighted by atomic mass is 16.5. The quantitative estimate of drug-likeness (QED) is 0.798. The molecule has 146 valence electrons. The summed E-state index contributed by atoms with van der Waals surface area (Å²) in [6.45, 7) is 5.09. The lowest BCUT2D eigenvalue weighted by Crippen LogP contribution is -2.46. The number of nitrogens with one attached hydrogen (secondary N) is 1. The Balaban J connectivity index is 1.36. The molecular weight excluding hydrogens is 348 g/mol. The van der Waals surface area contributed by atoms with E-state index in [-0.39, 0.29) is 17.9 Å². The van der Waals surface area contributed by atoms with Crippen molar-refractivity contribution in [1.29, 1.82) is 0 Å². The summed E-state index contributed by atoms with van der Waals surface area (Å²) in [6, 6.07) is 3.52. The van der Waals surface area contributed by atoms with Gasteiger partial charge in [-0.3, -0.25) is 9.59 Å². The van der Waals surface area contributed by atoms with Crippen LogP contribution < -0.4 is 5.32 Å². The molecule has 1 saturated heterocycles. The Morgan fingerprint density at radius 2 is 2.07 bits per heavy atom. The average molecular weight is 374 g/mol. The lowest BCUT2D eigenvalue weighted by molar-refractivity contribution is -0.132. The van der Waals surface area contributed by atoms with E-state index >= 15 is 0 Å². The molecular formula is C19H26N4O4. The second kappa shape index (κ2) is 8.83. The van der Waals surface area contributed by atoms with Gasteiger partial charge >= 0.3 is 0 Å². The largest absolute Gasteiger partial charge is 0.456 e. The van der Waals surface area contributed by atoms with Gasteiger partial charge in [0.2, 0.25) is 11.8 Å². The SMILES string of the molecule is CCc1noc(CCCC(=O)N2CCC(NC(=O)c3ccc(C)o3)CC2)n1. The van der Waals surface area contributed by atoms with Gasteiger partial charge in [0.05, 0.1) is 0 Å². The molecule has 8 nitrogen and oxygen atoms in total. The Morgan fingerprint density at radius 3 is 2.70 bits per heavy atom. The lowest BCUT2D eigenvalue weighted by Gasteiger charge is -2.32. The molecule has 0 spiro atoms. The normalized spacial score (nSPS) is 15.1. The van der Waals surface area contributed by atoms with Gasteiger partial charge in [-0.05, 0) is 38.3 Å². The number of likely N-dealkylation sites (tertiary alicyclic amines) is 1. The molecule has 1 fully saturated rings. The molecule has 1 aliphatic heterocycles. The van der Waals surface area contributed by atoms with Gasteiger partial charge < -0.3 is 19.2 Å². The van der Waals surface area contributed by atoms with Crippen LogP contribution in [0.15, 0.2) is 21.1 Å². The molecule has 3 heterocycles. The van der Waals surface area contributed by atoms with Crippen LogP contribution in [-0.2, 0) is 17.6 Å². The van der Waals surface area contributed by atoms with Crippen LogP contribution in [0.1, 0.15) is 60.6 Å².